The molecule has 35 heavy (non-hydrogen) atoms. The lowest BCUT2D eigenvalue weighted by Crippen LogP contribution is -2.42. The number of halogens is 2. The average Bonchev–Trinajstić information content (AvgIpc) is 2.82. The number of hydrogen-bond donors (Lipinski definition) is 3. The van der Waals surface area contributed by atoms with Crippen LogP contribution < -0.4 is 20.9 Å². The fourth-order valence-electron chi connectivity index (χ4n) is 4.07. The normalized spacial score (nSPS) is 14.7. The first-order valence-electron chi connectivity index (χ1n) is 11.5. The number of hydrogen-bond acceptors (Lipinski definition) is 4. The number of benzene rings is 3. The molecule has 0 bridgehead atoms. The Bertz CT molecular complexity index is 1260. The lowest BCUT2D eigenvalue weighted by molar-refractivity contribution is -0.117. The Morgan fingerprint density at radius 3 is 2.54 bits per heavy atom. The van der Waals surface area contributed by atoms with Crippen LogP contribution >= 0.6 is 23.2 Å². The Kier molecular flexibility index (Phi) is 7.53. The van der Waals surface area contributed by atoms with Crippen molar-refractivity contribution in [2.45, 2.75) is 26.3 Å². The van der Waals surface area contributed by atoms with E-state index in [1.807, 2.05) is 51.2 Å². The van der Waals surface area contributed by atoms with E-state index in [4.69, 9.17) is 23.2 Å². The van der Waals surface area contributed by atoms with E-state index in [0.29, 0.717) is 28.5 Å². The third-order valence-electron chi connectivity index (χ3n) is 6.07. The third kappa shape index (κ3) is 5.72. The second-order valence-electron chi connectivity index (χ2n) is 9.00. The largest absolute Gasteiger partial charge is 0.373 e. The lowest BCUT2D eigenvalue weighted by atomic mass is 9.99. The molecule has 0 saturated carbocycles. The van der Waals surface area contributed by atoms with Gasteiger partial charge in [-0.1, -0.05) is 61.3 Å². The molecule has 0 aliphatic carbocycles. The van der Waals surface area contributed by atoms with Crippen LogP contribution in [-0.4, -0.2) is 31.4 Å². The van der Waals surface area contributed by atoms with Gasteiger partial charge in [0.1, 0.15) is 6.04 Å². The number of carbonyl (C=O) groups is 2. The van der Waals surface area contributed by atoms with Gasteiger partial charge in [-0.05, 0) is 54.3 Å². The molecule has 0 radical (unpaired) electrons. The molecule has 1 heterocycles. The minimum Gasteiger partial charge on any atom is -0.373 e. The Morgan fingerprint density at radius 2 is 1.83 bits per heavy atom. The van der Waals surface area contributed by atoms with Gasteiger partial charge in [-0.2, -0.15) is 0 Å². The molecule has 3 aromatic rings. The van der Waals surface area contributed by atoms with Crippen molar-refractivity contribution >= 4 is 57.8 Å². The van der Waals surface area contributed by atoms with E-state index in [1.54, 1.807) is 30.3 Å². The van der Waals surface area contributed by atoms with E-state index in [-0.39, 0.29) is 23.8 Å². The van der Waals surface area contributed by atoms with Crippen LogP contribution in [0.5, 0.6) is 0 Å². The van der Waals surface area contributed by atoms with Gasteiger partial charge in [0.05, 0.1) is 22.7 Å². The zero-order valence-corrected chi connectivity index (χ0v) is 21.4. The first-order chi connectivity index (χ1) is 16.7. The standard InChI is InChI=1S/C27H28Cl2N4O2/c1-16(2)25-27(35)31-21-14-23(32-26(34)18-8-6-9-19(28)13-18)24(15-22(21)30-25)33(3)12-11-17-7-4-5-10-20(17)29/h4-10,13-16,25,30H,11-12H2,1-3H3,(H,31,35)(H,32,34). The molecule has 2 amide bonds. The molecule has 8 heteroatoms. The Hall–Kier alpha value is -3.22. The van der Waals surface area contributed by atoms with Crippen LogP contribution in [0.1, 0.15) is 29.8 Å². The maximum Gasteiger partial charge on any atom is 0.255 e. The SMILES string of the molecule is CC(C)C1Nc2cc(N(C)CCc3ccccc3Cl)c(NC(=O)c3cccc(Cl)c3)cc2NC1=O. The van der Waals surface area contributed by atoms with Crippen molar-refractivity contribution in [2.24, 2.45) is 5.92 Å². The van der Waals surface area contributed by atoms with Crippen molar-refractivity contribution in [1.29, 1.82) is 0 Å². The second-order valence-corrected chi connectivity index (χ2v) is 9.84. The van der Waals surface area contributed by atoms with Gasteiger partial charge in [0.2, 0.25) is 5.91 Å². The first-order valence-corrected chi connectivity index (χ1v) is 12.3. The minimum atomic E-state index is -0.337. The quantitative estimate of drug-likeness (QED) is 0.348. The Balaban J connectivity index is 1.66. The summed E-state index contributed by atoms with van der Waals surface area (Å²) in [5.41, 5.74) is 4.33. The van der Waals surface area contributed by atoms with E-state index < -0.39 is 0 Å². The molecular formula is C27H28Cl2N4O2. The van der Waals surface area contributed by atoms with Crippen molar-refractivity contribution in [3.63, 3.8) is 0 Å². The highest BCUT2D eigenvalue weighted by Crippen LogP contribution is 2.38. The highest BCUT2D eigenvalue weighted by molar-refractivity contribution is 6.31. The minimum absolute atomic E-state index is 0.0977. The number of nitrogens with zero attached hydrogens (tertiary/aromatic N) is 1. The molecule has 1 atom stereocenters. The molecule has 4 rings (SSSR count). The van der Waals surface area contributed by atoms with Crippen LogP contribution in [0.2, 0.25) is 10.0 Å². The van der Waals surface area contributed by atoms with Crippen molar-refractivity contribution < 1.29 is 9.59 Å². The molecule has 0 spiro atoms. The summed E-state index contributed by atoms with van der Waals surface area (Å²) >= 11 is 12.4. The molecule has 3 aromatic carbocycles. The number of likely N-dealkylation sites (N-methyl/N-ethyl adjacent to an activating group) is 1. The van der Waals surface area contributed by atoms with Gasteiger partial charge in [-0.15, -0.1) is 0 Å². The molecule has 182 valence electrons. The summed E-state index contributed by atoms with van der Waals surface area (Å²) in [4.78, 5) is 27.7. The number of rotatable bonds is 7. The van der Waals surface area contributed by atoms with Gasteiger partial charge in [-0.3, -0.25) is 9.59 Å². The predicted octanol–water partition coefficient (Wildman–Crippen LogP) is 6.31. The molecule has 1 unspecified atom stereocenters. The van der Waals surface area contributed by atoms with Crippen LogP contribution in [0.15, 0.2) is 60.7 Å². The monoisotopic (exact) mass is 510 g/mol. The van der Waals surface area contributed by atoms with Crippen LogP contribution in [0, 0.1) is 5.92 Å². The summed E-state index contributed by atoms with van der Waals surface area (Å²) in [5.74, 6) is -0.269. The van der Waals surface area contributed by atoms with E-state index in [2.05, 4.69) is 20.9 Å². The van der Waals surface area contributed by atoms with E-state index in [1.165, 1.54) is 0 Å². The van der Waals surface area contributed by atoms with Gasteiger partial charge in [0, 0.05) is 29.2 Å². The fraction of sp³-hybridized carbons (Fsp3) is 0.259. The summed E-state index contributed by atoms with van der Waals surface area (Å²) in [5, 5.41) is 10.5. The van der Waals surface area contributed by atoms with Crippen molar-refractivity contribution in [2.75, 3.05) is 34.4 Å². The molecule has 0 saturated heterocycles. The molecule has 3 N–H and O–H groups in total. The maximum absolute atomic E-state index is 13.0. The van der Waals surface area contributed by atoms with Gasteiger partial charge in [0.25, 0.3) is 5.91 Å². The summed E-state index contributed by atoms with van der Waals surface area (Å²) in [7, 11) is 1.97. The second kappa shape index (κ2) is 10.6. The highest BCUT2D eigenvalue weighted by Gasteiger charge is 2.29. The smallest absolute Gasteiger partial charge is 0.255 e. The molecule has 1 aliphatic heterocycles. The summed E-state index contributed by atoms with van der Waals surface area (Å²) in [6.07, 6.45) is 0.730. The summed E-state index contributed by atoms with van der Waals surface area (Å²) in [6, 6.07) is 18.0. The van der Waals surface area contributed by atoms with Crippen molar-refractivity contribution in [1.82, 2.24) is 0 Å². The fourth-order valence-corrected chi connectivity index (χ4v) is 4.49. The Morgan fingerprint density at radius 1 is 1.06 bits per heavy atom. The Labute approximate surface area is 215 Å². The summed E-state index contributed by atoms with van der Waals surface area (Å²) < 4.78 is 0. The topological polar surface area (TPSA) is 73.5 Å². The zero-order chi connectivity index (χ0) is 25.1. The number of nitrogens with one attached hydrogen (secondary N) is 3. The van der Waals surface area contributed by atoms with Crippen molar-refractivity contribution in [3.8, 4) is 0 Å². The molecular weight excluding hydrogens is 483 g/mol. The number of fused-ring (bicyclic) bond motifs is 1. The van der Waals surface area contributed by atoms with E-state index >= 15 is 0 Å². The van der Waals surface area contributed by atoms with Gasteiger partial charge >= 0.3 is 0 Å². The number of anilines is 4. The van der Waals surface area contributed by atoms with E-state index in [0.717, 1.165) is 28.4 Å². The maximum atomic E-state index is 13.0. The predicted molar refractivity (Wildman–Crippen MR) is 145 cm³/mol. The van der Waals surface area contributed by atoms with Gasteiger partial charge in [0.15, 0.2) is 0 Å². The van der Waals surface area contributed by atoms with E-state index in [9.17, 15) is 9.59 Å². The van der Waals surface area contributed by atoms with Crippen LogP contribution in [0.3, 0.4) is 0 Å². The average molecular weight is 511 g/mol. The van der Waals surface area contributed by atoms with Crippen LogP contribution in [0.25, 0.3) is 0 Å². The highest BCUT2D eigenvalue weighted by atomic mass is 35.5. The first kappa shape index (κ1) is 24.9. The molecule has 0 fully saturated rings. The van der Waals surface area contributed by atoms with Crippen LogP contribution in [-0.2, 0) is 11.2 Å². The van der Waals surface area contributed by atoms with Crippen molar-refractivity contribution in [3.05, 3.63) is 81.8 Å². The lowest BCUT2D eigenvalue weighted by Gasteiger charge is -2.32. The molecule has 0 aromatic heterocycles. The molecule has 6 nitrogen and oxygen atoms in total. The number of carbonyl (C=O) groups excluding carboxylic acids is 2. The van der Waals surface area contributed by atoms with Gasteiger partial charge in [-0.25, -0.2) is 0 Å². The third-order valence-corrected chi connectivity index (χ3v) is 6.68. The molecule has 1 aliphatic rings. The zero-order valence-electron chi connectivity index (χ0n) is 19.9. The van der Waals surface area contributed by atoms with Gasteiger partial charge < -0.3 is 20.9 Å². The number of amides is 2. The van der Waals surface area contributed by atoms with Crippen LogP contribution in [0.4, 0.5) is 22.7 Å². The summed E-state index contributed by atoms with van der Waals surface area (Å²) in [6.45, 7) is 4.67.